The van der Waals surface area contributed by atoms with E-state index in [1.165, 1.54) is 79.8 Å². The van der Waals surface area contributed by atoms with Crippen molar-refractivity contribution in [1.82, 2.24) is 4.90 Å². The zero-order valence-electron chi connectivity index (χ0n) is 19.5. The standard InChI is InChI=1S/C28H29N5S/c1-2-7-23-18(5-1)15-19-6-3-4-12-28(19)31-22-10-8-20(16-24(22)33(23)28)30-21-9-11-26-25(17-21)32-14-13-29-27(32)34-26/h8-11,16-17,19H,1-7,12-15H2/t19-,28+/m0/s1. The smallest absolute Gasteiger partial charge is 0.168 e. The van der Waals surface area contributed by atoms with Crippen LogP contribution in [0.25, 0.3) is 0 Å². The van der Waals surface area contributed by atoms with E-state index in [2.05, 4.69) is 51.2 Å². The molecule has 1 aromatic carbocycles. The Morgan fingerprint density at radius 1 is 1.09 bits per heavy atom. The van der Waals surface area contributed by atoms with Gasteiger partial charge >= 0.3 is 0 Å². The van der Waals surface area contributed by atoms with Crippen molar-refractivity contribution < 1.29 is 0 Å². The fourth-order valence-corrected chi connectivity index (χ4v) is 8.28. The normalized spacial score (nSPS) is 31.9. The highest BCUT2D eigenvalue weighted by Crippen LogP contribution is 2.56. The number of hydrogen-bond donors (Lipinski definition) is 0. The van der Waals surface area contributed by atoms with Crippen LogP contribution < -0.4 is 4.90 Å². The van der Waals surface area contributed by atoms with E-state index in [0.717, 1.165) is 29.7 Å². The van der Waals surface area contributed by atoms with Crippen LogP contribution in [0.1, 0.15) is 57.8 Å². The minimum Gasteiger partial charge on any atom is -0.318 e. The van der Waals surface area contributed by atoms with Crippen LogP contribution in [0.4, 0.5) is 11.4 Å². The Kier molecular flexibility index (Phi) is 4.17. The molecule has 0 amide bonds. The molecule has 8 rings (SSSR count). The Bertz CT molecular complexity index is 1300. The molecule has 4 aliphatic heterocycles. The van der Waals surface area contributed by atoms with Crippen molar-refractivity contribution in [1.29, 1.82) is 0 Å². The first kappa shape index (κ1) is 19.7. The molecule has 0 radical (unpaired) electrons. The van der Waals surface area contributed by atoms with E-state index in [0.29, 0.717) is 5.92 Å². The molecule has 7 aliphatic rings. The van der Waals surface area contributed by atoms with Crippen molar-refractivity contribution in [2.45, 2.75) is 68.3 Å². The maximum atomic E-state index is 5.48. The molecule has 1 spiro atoms. The highest BCUT2D eigenvalue weighted by atomic mass is 32.2. The van der Waals surface area contributed by atoms with Gasteiger partial charge < -0.3 is 9.80 Å². The Labute approximate surface area is 205 Å². The number of thioether (sulfide) groups is 1. The molecule has 0 saturated heterocycles. The molecule has 6 heteroatoms. The summed E-state index contributed by atoms with van der Waals surface area (Å²) in [7, 11) is 0. The lowest BCUT2D eigenvalue weighted by Crippen LogP contribution is -2.53. The van der Waals surface area contributed by atoms with Gasteiger partial charge in [0.05, 0.1) is 35.0 Å². The summed E-state index contributed by atoms with van der Waals surface area (Å²) in [5, 5.41) is 1.14. The quantitative estimate of drug-likeness (QED) is 0.451. The molecule has 5 nitrogen and oxygen atoms in total. The number of fused-ring (bicyclic) bond motifs is 6. The Hall–Kier alpha value is -2.60. The summed E-state index contributed by atoms with van der Waals surface area (Å²) >= 11 is 1.78. The minimum atomic E-state index is -0.0360. The van der Waals surface area contributed by atoms with Crippen LogP contribution in [0.15, 0.2) is 73.3 Å². The monoisotopic (exact) mass is 467 g/mol. The molecule has 34 heavy (non-hydrogen) atoms. The summed E-state index contributed by atoms with van der Waals surface area (Å²) < 4.78 is 0. The van der Waals surface area contributed by atoms with E-state index in [1.54, 1.807) is 23.0 Å². The third-order valence-electron chi connectivity index (χ3n) is 8.71. The number of hydrogen-bond acceptors (Lipinski definition) is 6. The second kappa shape index (κ2) is 7.20. The van der Waals surface area contributed by atoms with Crippen molar-refractivity contribution in [2.75, 3.05) is 18.0 Å². The lowest BCUT2D eigenvalue weighted by molar-refractivity contribution is 0.0498. The largest absolute Gasteiger partial charge is 0.318 e. The summed E-state index contributed by atoms with van der Waals surface area (Å²) in [6.45, 7) is 1.88. The van der Waals surface area contributed by atoms with Crippen molar-refractivity contribution >= 4 is 39.7 Å². The highest BCUT2D eigenvalue weighted by Gasteiger charge is 2.55. The molecule has 0 aromatic heterocycles. The van der Waals surface area contributed by atoms with Gasteiger partial charge in [-0.05, 0) is 99.6 Å². The summed E-state index contributed by atoms with van der Waals surface area (Å²) in [5.41, 5.74) is 9.06. The fourth-order valence-electron chi connectivity index (χ4n) is 7.22. The molecule has 0 unspecified atom stereocenters. The number of amidine groups is 1. The predicted molar refractivity (Wildman–Crippen MR) is 140 cm³/mol. The van der Waals surface area contributed by atoms with Crippen molar-refractivity contribution in [3.8, 4) is 0 Å². The second-order valence-electron chi connectivity index (χ2n) is 10.6. The fraction of sp³-hybridized carbons (Fsp3) is 0.464. The number of benzene rings is 1. The highest BCUT2D eigenvalue weighted by molar-refractivity contribution is 8.14. The first-order valence-corrected chi connectivity index (χ1v) is 13.8. The Balaban J connectivity index is 1.20. The predicted octanol–water partition coefficient (Wildman–Crippen LogP) is 6.37. The first-order valence-electron chi connectivity index (χ1n) is 13.0. The summed E-state index contributed by atoms with van der Waals surface area (Å²) in [5.74, 6) is 0.663. The lowest BCUT2D eigenvalue weighted by atomic mass is 9.70. The van der Waals surface area contributed by atoms with Crippen molar-refractivity contribution in [2.24, 2.45) is 20.9 Å². The summed E-state index contributed by atoms with van der Waals surface area (Å²) in [6, 6.07) is 6.58. The van der Waals surface area contributed by atoms with Crippen LogP contribution in [0, 0.1) is 5.92 Å². The van der Waals surface area contributed by atoms with Gasteiger partial charge in [0.15, 0.2) is 5.17 Å². The average Bonchev–Trinajstić information content (AvgIpc) is 3.54. The SMILES string of the molecule is C1=CC2=N[C@@]34CCCC[C@H]3CC3=C(CCCC3)N4C2=CC1=Nc1ccc2c(c1)N1CCN=C1S2. The molecule has 2 atom stereocenters. The van der Waals surface area contributed by atoms with Gasteiger partial charge in [0, 0.05) is 23.1 Å². The summed E-state index contributed by atoms with van der Waals surface area (Å²) in [6.07, 6.45) is 18.3. The molecular formula is C28H29N5S. The van der Waals surface area contributed by atoms with E-state index in [9.17, 15) is 0 Å². The number of anilines is 1. The van der Waals surface area contributed by atoms with Gasteiger partial charge in [0.1, 0.15) is 5.66 Å². The number of nitrogens with zero attached hydrogens (tertiary/aromatic N) is 5. The van der Waals surface area contributed by atoms with Crippen LogP contribution in [0.2, 0.25) is 0 Å². The molecule has 172 valence electrons. The number of rotatable bonds is 1. The first-order chi connectivity index (χ1) is 16.8. The third-order valence-corrected chi connectivity index (χ3v) is 9.81. The van der Waals surface area contributed by atoms with Crippen LogP contribution in [0.5, 0.6) is 0 Å². The second-order valence-corrected chi connectivity index (χ2v) is 11.6. The van der Waals surface area contributed by atoms with E-state index in [-0.39, 0.29) is 5.66 Å². The maximum absolute atomic E-state index is 5.48. The van der Waals surface area contributed by atoms with E-state index in [4.69, 9.17) is 9.98 Å². The lowest BCUT2D eigenvalue weighted by Gasteiger charge is -2.52. The molecule has 1 fully saturated rings. The molecule has 1 saturated carbocycles. The van der Waals surface area contributed by atoms with Gasteiger partial charge in [-0.25, -0.2) is 4.99 Å². The van der Waals surface area contributed by atoms with Crippen LogP contribution in [0.3, 0.4) is 0 Å². The maximum Gasteiger partial charge on any atom is 0.168 e. The van der Waals surface area contributed by atoms with Crippen molar-refractivity contribution in [3.63, 3.8) is 0 Å². The van der Waals surface area contributed by atoms with E-state index < -0.39 is 0 Å². The average molecular weight is 468 g/mol. The molecular weight excluding hydrogens is 438 g/mol. The van der Waals surface area contributed by atoms with Crippen LogP contribution in [-0.4, -0.2) is 40.2 Å². The van der Waals surface area contributed by atoms with Gasteiger partial charge in [-0.3, -0.25) is 9.98 Å². The van der Waals surface area contributed by atoms with Crippen molar-refractivity contribution in [3.05, 3.63) is 53.4 Å². The zero-order chi connectivity index (χ0) is 22.3. The van der Waals surface area contributed by atoms with Gasteiger partial charge in [-0.2, -0.15) is 0 Å². The molecule has 0 bridgehead atoms. The van der Waals surface area contributed by atoms with E-state index in [1.807, 2.05) is 0 Å². The molecule has 4 heterocycles. The van der Waals surface area contributed by atoms with Gasteiger partial charge in [-0.15, -0.1) is 0 Å². The van der Waals surface area contributed by atoms with Gasteiger partial charge in [0.25, 0.3) is 0 Å². The van der Waals surface area contributed by atoms with Crippen LogP contribution in [-0.2, 0) is 0 Å². The molecule has 3 aliphatic carbocycles. The number of allylic oxidation sites excluding steroid dienone is 5. The Morgan fingerprint density at radius 3 is 3.06 bits per heavy atom. The summed E-state index contributed by atoms with van der Waals surface area (Å²) in [4.78, 5) is 21.5. The minimum absolute atomic E-state index is 0.0360. The topological polar surface area (TPSA) is 43.6 Å². The third kappa shape index (κ3) is 2.72. The van der Waals surface area contributed by atoms with Gasteiger partial charge in [0.2, 0.25) is 0 Å². The van der Waals surface area contributed by atoms with E-state index >= 15 is 0 Å². The Morgan fingerprint density at radius 2 is 2.06 bits per heavy atom. The van der Waals surface area contributed by atoms with Gasteiger partial charge in [-0.1, -0.05) is 12.0 Å². The molecule has 0 N–H and O–H groups in total. The zero-order valence-corrected chi connectivity index (χ0v) is 20.3. The van der Waals surface area contributed by atoms with Crippen LogP contribution >= 0.6 is 11.8 Å². The molecule has 1 aromatic rings. The number of aliphatic imine (C=N–C) groups is 3.